The molecule has 3 N–H and O–H groups in total. The van der Waals surface area contributed by atoms with Gasteiger partial charge in [-0.05, 0) is 32.7 Å². The van der Waals surface area contributed by atoms with E-state index in [2.05, 4.69) is 31.4 Å². The Morgan fingerprint density at radius 1 is 1.00 bits per heavy atom. The van der Waals surface area contributed by atoms with Crippen LogP contribution >= 0.6 is 0 Å². The van der Waals surface area contributed by atoms with Crippen LogP contribution in [0.2, 0.25) is 0 Å². The van der Waals surface area contributed by atoms with Gasteiger partial charge in [-0.1, -0.05) is 13.8 Å². The van der Waals surface area contributed by atoms with Crippen LogP contribution in [0, 0.1) is 0 Å². The summed E-state index contributed by atoms with van der Waals surface area (Å²) in [4.78, 5) is 0. The average molecular weight is 202 g/mol. The van der Waals surface area contributed by atoms with Crippen LogP contribution in [-0.2, 0) is 0 Å². The van der Waals surface area contributed by atoms with Crippen LogP contribution in [0.4, 0.5) is 0 Å². The molecule has 0 aromatic rings. The number of aliphatic hydroxyl groups is 1. The van der Waals surface area contributed by atoms with Gasteiger partial charge in [0.1, 0.15) is 0 Å². The predicted octanol–water partition coefficient (Wildman–Crippen LogP) is 1.13. The highest BCUT2D eigenvalue weighted by Crippen LogP contribution is 1.92. The quantitative estimate of drug-likeness (QED) is 0.491. The van der Waals surface area contributed by atoms with Crippen molar-refractivity contribution in [2.24, 2.45) is 0 Å². The molecule has 0 bridgehead atoms. The molecule has 0 aromatic carbocycles. The van der Waals surface area contributed by atoms with Crippen LogP contribution in [0.3, 0.4) is 0 Å². The van der Waals surface area contributed by atoms with Crippen molar-refractivity contribution in [2.45, 2.75) is 52.1 Å². The van der Waals surface area contributed by atoms with Crippen molar-refractivity contribution in [3.8, 4) is 0 Å². The maximum atomic E-state index is 8.59. The van der Waals surface area contributed by atoms with Crippen molar-refractivity contribution < 1.29 is 5.11 Å². The molecule has 0 saturated carbocycles. The van der Waals surface area contributed by atoms with Crippen LogP contribution < -0.4 is 10.6 Å². The van der Waals surface area contributed by atoms with Crippen molar-refractivity contribution in [3.05, 3.63) is 0 Å². The maximum absolute atomic E-state index is 8.59. The Morgan fingerprint density at radius 2 is 1.71 bits per heavy atom. The number of unbranched alkanes of at least 4 members (excludes halogenated alkanes) is 2. The van der Waals surface area contributed by atoms with Gasteiger partial charge in [0.2, 0.25) is 0 Å². The molecule has 0 rings (SSSR count). The molecule has 0 aliphatic heterocycles. The molecule has 3 heteroatoms. The van der Waals surface area contributed by atoms with Gasteiger partial charge < -0.3 is 15.7 Å². The first-order valence-electron chi connectivity index (χ1n) is 5.74. The van der Waals surface area contributed by atoms with Crippen molar-refractivity contribution >= 4 is 0 Å². The molecule has 1 unspecified atom stereocenters. The van der Waals surface area contributed by atoms with Gasteiger partial charge in [-0.2, -0.15) is 0 Å². The molecule has 0 spiro atoms. The zero-order chi connectivity index (χ0) is 10.8. The first-order valence-corrected chi connectivity index (χ1v) is 5.74. The lowest BCUT2D eigenvalue weighted by atomic mass is 10.2. The predicted molar refractivity (Wildman–Crippen MR) is 61.5 cm³/mol. The molecule has 0 radical (unpaired) electrons. The van der Waals surface area contributed by atoms with Crippen LogP contribution in [0.1, 0.15) is 40.0 Å². The van der Waals surface area contributed by atoms with E-state index in [-0.39, 0.29) is 0 Å². The van der Waals surface area contributed by atoms with Gasteiger partial charge in [-0.25, -0.2) is 0 Å². The standard InChI is InChI=1S/C11H26N2O/c1-10(2)13-9-11(3)12-7-5-4-6-8-14/h10-14H,4-9H2,1-3H3. The molecule has 0 fully saturated rings. The summed E-state index contributed by atoms with van der Waals surface area (Å²) in [5, 5.41) is 15.4. The number of rotatable bonds is 9. The van der Waals surface area contributed by atoms with Gasteiger partial charge in [0, 0.05) is 25.2 Å². The van der Waals surface area contributed by atoms with E-state index in [1.807, 2.05) is 0 Å². The molecule has 0 aromatic heterocycles. The van der Waals surface area contributed by atoms with E-state index in [1.165, 1.54) is 0 Å². The first-order chi connectivity index (χ1) is 6.66. The SMILES string of the molecule is CC(C)NCC(C)NCCCCCO. The normalized spacial score (nSPS) is 13.5. The molecule has 86 valence electrons. The zero-order valence-electron chi connectivity index (χ0n) is 9.84. The minimum absolute atomic E-state index is 0.324. The summed E-state index contributed by atoms with van der Waals surface area (Å²) in [5.74, 6) is 0. The second-order valence-electron chi connectivity index (χ2n) is 4.20. The van der Waals surface area contributed by atoms with E-state index in [9.17, 15) is 0 Å². The fraction of sp³-hybridized carbons (Fsp3) is 1.00. The van der Waals surface area contributed by atoms with Gasteiger partial charge >= 0.3 is 0 Å². The van der Waals surface area contributed by atoms with Gasteiger partial charge in [0.25, 0.3) is 0 Å². The zero-order valence-corrected chi connectivity index (χ0v) is 9.84. The van der Waals surface area contributed by atoms with Crippen LogP contribution in [0.25, 0.3) is 0 Å². The second-order valence-corrected chi connectivity index (χ2v) is 4.20. The largest absolute Gasteiger partial charge is 0.396 e. The number of aliphatic hydroxyl groups excluding tert-OH is 1. The third-order valence-electron chi connectivity index (χ3n) is 2.16. The molecule has 0 amide bonds. The van der Waals surface area contributed by atoms with E-state index in [0.29, 0.717) is 18.7 Å². The highest BCUT2D eigenvalue weighted by Gasteiger charge is 2.00. The Labute approximate surface area is 88.3 Å². The van der Waals surface area contributed by atoms with Gasteiger partial charge in [-0.3, -0.25) is 0 Å². The Bertz CT molecular complexity index is 118. The monoisotopic (exact) mass is 202 g/mol. The fourth-order valence-electron chi connectivity index (χ4n) is 1.25. The Hall–Kier alpha value is -0.120. The highest BCUT2D eigenvalue weighted by molar-refractivity contribution is 4.65. The van der Waals surface area contributed by atoms with Crippen molar-refractivity contribution in [1.29, 1.82) is 0 Å². The molecule has 3 nitrogen and oxygen atoms in total. The minimum atomic E-state index is 0.324. The number of nitrogens with one attached hydrogen (secondary N) is 2. The van der Waals surface area contributed by atoms with E-state index < -0.39 is 0 Å². The fourth-order valence-corrected chi connectivity index (χ4v) is 1.25. The molecule has 0 aliphatic carbocycles. The smallest absolute Gasteiger partial charge is 0.0431 e. The minimum Gasteiger partial charge on any atom is -0.396 e. The van der Waals surface area contributed by atoms with E-state index >= 15 is 0 Å². The molecular formula is C11H26N2O. The molecule has 0 heterocycles. The summed E-state index contributed by atoms with van der Waals surface area (Å²) in [6, 6.07) is 1.10. The van der Waals surface area contributed by atoms with Gasteiger partial charge in [0.15, 0.2) is 0 Å². The lowest BCUT2D eigenvalue weighted by Crippen LogP contribution is -2.39. The molecule has 1 atom stereocenters. The Balaban J connectivity index is 3.14. The lowest BCUT2D eigenvalue weighted by Gasteiger charge is -2.16. The average Bonchev–Trinajstić information content (AvgIpc) is 2.14. The summed E-state index contributed by atoms with van der Waals surface area (Å²) in [6.07, 6.45) is 3.21. The molecule has 0 aliphatic rings. The Morgan fingerprint density at radius 3 is 2.29 bits per heavy atom. The van der Waals surface area contributed by atoms with Crippen molar-refractivity contribution in [3.63, 3.8) is 0 Å². The summed E-state index contributed by atoms with van der Waals surface area (Å²) in [6.45, 7) is 8.92. The second kappa shape index (κ2) is 9.44. The third kappa shape index (κ3) is 9.96. The Kier molecular flexibility index (Phi) is 9.35. The summed E-state index contributed by atoms with van der Waals surface area (Å²) < 4.78 is 0. The summed E-state index contributed by atoms with van der Waals surface area (Å²) >= 11 is 0. The van der Waals surface area contributed by atoms with Crippen LogP contribution in [-0.4, -0.2) is 36.9 Å². The van der Waals surface area contributed by atoms with Crippen LogP contribution in [0.5, 0.6) is 0 Å². The number of hydrogen-bond acceptors (Lipinski definition) is 3. The summed E-state index contributed by atoms with van der Waals surface area (Å²) in [7, 11) is 0. The van der Waals surface area contributed by atoms with Gasteiger partial charge in [0.05, 0.1) is 0 Å². The maximum Gasteiger partial charge on any atom is 0.0431 e. The molecule has 14 heavy (non-hydrogen) atoms. The first kappa shape index (κ1) is 13.9. The van der Waals surface area contributed by atoms with E-state index in [4.69, 9.17) is 5.11 Å². The molecular weight excluding hydrogens is 176 g/mol. The van der Waals surface area contributed by atoms with E-state index in [1.54, 1.807) is 0 Å². The number of hydrogen-bond donors (Lipinski definition) is 3. The van der Waals surface area contributed by atoms with E-state index in [0.717, 1.165) is 32.4 Å². The molecule has 0 saturated heterocycles. The lowest BCUT2D eigenvalue weighted by molar-refractivity contribution is 0.282. The van der Waals surface area contributed by atoms with Crippen LogP contribution in [0.15, 0.2) is 0 Å². The van der Waals surface area contributed by atoms with Crippen molar-refractivity contribution in [2.75, 3.05) is 19.7 Å². The van der Waals surface area contributed by atoms with Crippen molar-refractivity contribution in [1.82, 2.24) is 10.6 Å². The third-order valence-corrected chi connectivity index (χ3v) is 2.16. The summed E-state index contributed by atoms with van der Waals surface area (Å²) in [5.41, 5.74) is 0. The van der Waals surface area contributed by atoms with Gasteiger partial charge in [-0.15, -0.1) is 0 Å². The topological polar surface area (TPSA) is 44.3 Å². The highest BCUT2D eigenvalue weighted by atomic mass is 16.2.